The van der Waals surface area contributed by atoms with Crippen LogP contribution in [0.15, 0.2) is 36.8 Å². The molecular weight excluding hydrogens is 230 g/mol. The number of hydrogen-bond acceptors (Lipinski definition) is 4. The molecule has 0 radical (unpaired) electrons. The molecular formula is C13H13N3O2. The summed E-state index contributed by atoms with van der Waals surface area (Å²) in [6, 6.07) is 6.98. The van der Waals surface area contributed by atoms with E-state index in [4.69, 9.17) is 5.11 Å². The van der Waals surface area contributed by atoms with Crippen LogP contribution >= 0.6 is 0 Å². The van der Waals surface area contributed by atoms with E-state index >= 15 is 0 Å². The van der Waals surface area contributed by atoms with Gasteiger partial charge in [0.2, 0.25) is 0 Å². The molecule has 2 aromatic rings. The van der Waals surface area contributed by atoms with Crippen LogP contribution in [0.25, 0.3) is 0 Å². The molecule has 0 saturated carbocycles. The normalized spacial score (nSPS) is 10.1. The zero-order chi connectivity index (χ0) is 13.0. The van der Waals surface area contributed by atoms with Gasteiger partial charge >= 0.3 is 5.97 Å². The quantitative estimate of drug-likeness (QED) is 0.860. The van der Waals surface area contributed by atoms with E-state index in [-0.39, 0.29) is 0 Å². The van der Waals surface area contributed by atoms with Crippen molar-refractivity contribution in [3.63, 3.8) is 0 Å². The maximum atomic E-state index is 10.9. The third-order valence-electron chi connectivity index (χ3n) is 2.57. The number of nitrogens with zero attached hydrogens (tertiary/aromatic N) is 2. The highest BCUT2D eigenvalue weighted by Gasteiger charge is 2.06. The van der Waals surface area contributed by atoms with Crippen molar-refractivity contribution in [1.29, 1.82) is 0 Å². The first-order valence-corrected chi connectivity index (χ1v) is 5.49. The van der Waals surface area contributed by atoms with Crippen LogP contribution < -0.4 is 5.32 Å². The third-order valence-corrected chi connectivity index (χ3v) is 2.57. The standard InChI is InChI=1S/C13H13N3O2/c1-9-6-10(2-3-12(9)13(17)18)15-7-11-4-5-14-8-16-11/h2-6,8,15H,7H2,1H3,(H,17,18). The van der Waals surface area contributed by atoms with Crippen molar-refractivity contribution in [2.75, 3.05) is 5.32 Å². The summed E-state index contributed by atoms with van der Waals surface area (Å²) in [5.41, 5.74) is 2.80. The number of benzene rings is 1. The summed E-state index contributed by atoms with van der Waals surface area (Å²) in [6.45, 7) is 2.35. The van der Waals surface area contributed by atoms with E-state index in [9.17, 15) is 4.79 Å². The maximum absolute atomic E-state index is 10.9. The Morgan fingerprint density at radius 2 is 2.22 bits per heavy atom. The average Bonchev–Trinajstić information content (AvgIpc) is 2.37. The van der Waals surface area contributed by atoms with Gasteiger partial charge in [0.25, 0.3) is 0 Å². The molecule has 0 atom stereocenters. The Morgan fingerprint density at radius 3 is 2.83 bits per heavy atom. The average molecular weight is 243 g/mol. The molecule has 18 heavy (non-hydrogen) atoms. The summed E-state index contributed by atoms with van der Waals surface area (Å²) in [5, 5.41) is 12.1. The fraction of sp³-hybridized carbons (Fsp3) is 0.154. The number of aromatic carboxylic acids is 1. The molecule has 0 aliphatic carbocycles. The molecule has 1 aromatic carbocycles. The lowest BCUT2D eigenvalue weighted by Gasteiger charge is -2.08. The van der Waals surface area contributed by atoms with Gasteiger partial charge in [-0.2, -0.15) is 0 Å². The topological polar surface area (TPSA) is 75.1 Å². The van der Waals surface area contributed by atoms with Crippen LogP contribution in [-0.4, -0.2) is 21.0 Å². The molecule has 5 nitrogen and oxygen atoms in total. The number of aryl methyl sites for hydroxylation is 1. The first-order chi connectivity index (χ1) is 8.66. The number of carboxylic acids is 1. The highest BCUT2D eigenvalue weighted by atomic mass is 16.4. The second kappa shape index (κ2) is 5.27. The Hall–Kier alpha value is -2.43. The Kier molecular flexibility index (Phi) is 3.52. The number of carboxylic acid groups (broad SMARTS) is 1. The van der Waals surface area contributed by atoms with E-state index in [2.05, 4.69) is 15.3 Å². The van der Waals surface area contributed by atoms with Gasteiger partial charge in [-0.25, -0.2) is 14.8 Å². The summed E-state index contributed by atoms with van der Waals surface area (Å²) in [6.07, 6.45) is 3.18. The van der Waals surface area contributed by atoms with Crippen molar-refractivity contribution in [3.8, 4) is 0 Å². The van der Waals surface area contributed by atoms with Gasteiger partial charge in [-0.15, -0.1) is 0 Å². The maximum Gasteiger partial charge on any atom is 0.335 e. The molecule has 0 aliphatic rings. The zero-order valence-corrected chi connectivity index (χ0v) is 9.92. The van der Waals surface area contributed by atoms with Gasteiger partial charge in [0.1, 0.15) is 6.33 Å². The molecule has 0 unspecified atom stereocenters. The number of anilines is 1. The van der Waals surface area contributed by atoms with E-state index in [1.54, 1.807) is 25.3 Å². The predicted molar refractivity (Wildman–Crippen MR) is 67.5 cm³/mol. The summed E-state index contributed by atoms with van der Waals surface area (Å²) in [5.74, 6) is -0.908. The molecule has 2 N–H and O–H groups in total. The highest BCUT2D eigenvalue weighted by Crippen LogP contribution is 2.15. The van der Waals surface area contributed by atoms with Crippen LogP contribution in [0.4, 0.5) is 5.69 Å². The second-order valence-corrected chi connectivity index (χ2v) is 3.89. The highest BCUT2D eigenvalue weighted by molar-refractivity contribution is 5.89. The first-order valence-electron chi connectivity index (χ1n) is 5.49. The third kappa shape index (κ3) is 2.82. The Balaban J connectivity index is 2.07. The van der Waals surface area contributed by atoms with Gasteiger partial charge in [0, 0.05) is 11.9 Å². The minimum absolute atomic E-state index is 0.322. The van der Waals surface area contributed by atoms with Crippen molar-refractivity contribution < 1.29 is 9.90 Å². The van der Waals surface area contributed by atoms with Crippen LogP contribution in [0.2, 0.25) is 0 Å². The molecule has 0 spiro atoms. The van der Waals surface area contributed by atoms with E-state index < -0.39 is 5.97 Å². The van der Waals surface area contributed by atoms with Gasteiger partial charge in [-0.3, -0.25) is 0 Å². The molecule has 5 heteroatoms. The molecule has 0 aliphatic heterocycles. The number of rotatable bonds is 4. The summed E-state index contributed by atoms with van der Waals surface area (Å²) >= 11 is 0. The largest absolute Gasteiger partial charge is 0.478 e. The minimum atomic E-state index is -0.908. The van der Waals surface area contributed by atoms with Gasteiger partial charge in [-0.05, 0) is 36.8 Å². The second-order valence-electron chi connectivity index (χ2n) is 3.89. The van der Waals surface area contributed by atoms with Crippen LogP contribution in [0.3, 0.4) is 0 Å². The van der Waals surface area contributed by atoms with Crippen molar-refractivity contribution >= 4 is 11.7 Å². The molecule has 0 fully saturated rings. The molecule has 1 heterocycles. The lowest BCUT2D eigenvalue weighted by Crippen LogP contribution is -2.04. The molecule has 2 rings (SSSR count). The molecule has 0 saturated heterocycles. The SMILES string of the molecule is Cc1cc(NCc2ccncn2)ccc1C(=O)O. The minimum Gasteiger partial charge on any atom is -0.478 e. The first kappa shape index (κ1) is 12.0. The fourth-order valence-corrected chi connectivity index (χ4v) is 1.63. The lowest BCUT2D eigenvalue weighted by atomic mass is 10.1. The number of carbonyl (C=O) groups is 1. The number of nitrogens with one attached hydrogen (secondary N) is 1. The molecule has 0 bridgehead atoms. The Labute approximate surface area is 105 Å². The van der Waals surface area contributed by atoms with Gasteiger partial charge < -0.3 is 10.4 Å². The predicted octanol–water partition coefficient (Wildman–Crippen LogP) is 2.10. The van der Waals surface area contributed by atoms with Crippen molar-refractivity contribution in [1.82, 2.24) is 9.97 Å². The number of hydrogen-bond donors (Lipinski definition) is 2. The molecule has 1 aromatic heterocycles. The van der Waals surface area contributed by atoms with E-state index in [1.807, 2.05) is 12.1 Å². The van der Waals surface area contributed by atoms with E-state index in [0.717, 1.165) is 16.9 Å². The van der Waals surface area contributed by atoms with Crippen LogP contribution in [0, 0.1) is 6.92 Å². The Morgan fingerprint density at radius 1 is 1.39 bits per heavy atom. The van der Waals surface area contributed by atoms with Crippen molar-refractivity contribution in [2.24, 2.45) is 0 Å². The smallest absolute Gasteiger partial charge is 0.335 e. The zero-order valence-electron chi connectivity index (χ0n) is 9.92. The van der Waals surface area contributed by atoms with Crippen molar-refractivity contribution in [2.45, 2.75) is 13.5 Å². The van der Waals surface area contributed by atoms with Crippen LogP contribution in [0.5, 0.6) is 0 Å². The van der Waals surface area contributed by atoms with E-state index in [0.29, 0.717) is 12.1 Å². The van der Waals surface area contributed by atoms with Gasteiger partial charge in [0.15, 0.2) is 0 Å². The number of aromatic nitrogens is 2. The monoisotopic (exact) mass is 243 g/mol. The summed E-state index contributed by atoms with van der Waals surface area (Å²) in [7, 11) is 0. The van der Waals surface area contributed by atoms with Gasteiger partial charge in [-0.1, -0.05) is 0 Å². The van der Waals surface area contributed by atoms with E-state index in [1.165, 1.54) is 6.33 Å². The van der Waals surface area contributed by atoms with Crippen LogP contribution in [-0.2, 0) is 6.54 Å². The van der Waals surface area contributed by atoms with Gasteiger partial charge in [0.05, 0.1) is 17.8 Å². The van der Waals surface area contributed by atoms with Crippen LogP contribution in [0.1, 0.15) is 21.6 Å². The Bertz CT molecular complexity index is 555. The summed E-state index contributed by atoms with van der Waals surface area (Å²) < 4.78 is 0. The molecule has 0 amide bonds. The lowest BCUT2D eigenvalue weighted by molar-refractivity contribution is 0.0696. The molecule has 92 valence electrons. The van der Waals surface area contributed by atoms with Crippen molar-refractivity contribution in [3.05, 3.63) is 53.6 Å². The summed E-state index contributed by atoms with van der Waals surface area (Å²) in [4.78, 5) is 18.8. The fourth-order valence-electron chi connectivity index (χ4n) is 1.63.